The van der Waals surface area contributed by atoms with Crippen LogP contribution >= 0.6 is 0 Å². The van der Waals surface area contributed by atoms with E-state index in [9.17, 15) is 39.5 Å². The average molecular weight is 381 g/mol. The quantitative estimate of drug-likeness (QED) is 0.493. The lowest BCUT2D eigenvalue weighted by atomic mass is 9.95. The van der Waals surface area contributed by atoms with Crippen LogP contribution in [0.5, 0.6) is 0 Å². The summed E-state index contributed by atoms with van der Waals surface area (Å²) in [4.78, 5) is 0. The van der Waals surface area contributed by atoms with Crippen LogP contribution in [0.25, 0.3) is 0 Å². The first-order valence-corrected chi connectivity index (χ1v) is 7.27. The summed E-state index contributed by atoms with van der Waals surface area (Å²) in [5, 5.41) is 0. The van der Waals surface area contributed by atoms with E-state index >= 15 is 0 Å². The Bertz CT molecular complexity index is 531. The molecule has 0 amide bonds. The number of nitrogen functional groups attached to an aromatic ring is 1. The molecule has 0 saturated carbocycles. The van der Waals surface area contributed by atoms with Crippen molar-refractivity contribution in [2.75, 3.05) is 5.73 Å². The van der Waals surface area contributed by atoms with Gasteiger partial charge in [0.1, 0.15) is 0 Å². The van der Waals surface area contributed by atoms with Gasteiger partial charge in [0.2, 0.25) is 0 Å². The lowest BCUT2D eigenvalue weighted by Crippen LogP contribution is -2.13. The lowest BCUT2D eigenvalue weighted by molar-refractivity contribution is -0.134. The van der Waals surface area contributed by atoms with Crippen molar-refractivity contribution in [2.45, 2.75) is 57.1 Å². The Kier molecular flexibility index (Phi) is 6.63. The van der Waals surface area contributed by atoms with Gasteiger partial charge in [-0.2, -0.15) is 39.5 Å². The summed E-state index contributed by atoms with van der Waals surface area (Å²) in [5.41, 5.74) is 5.24. The van der Waals surface area contributed by atoms with E-state index < -0.39 is 57.1 Å². The Hall–Kier alpha value is -1.61. The number of aryl methyl sites for hydroxylation is 3. The van der Waals surface area contributed by atoms with Gasteiger partial charge in [0.25, 0.3) is 0 Å². The molecule has 0 aliphatic heterocycles. The predicted octanol–water partition coefficient (Wildman–Crippen LogP) is 5.75. The molecule has 0 bridgehead atoms. The van der Waals surface area contributed by atoms with E-state index in [0.29, 0.717) is 0 Å². The van der Waals surface area contributed by atoms with Crippen LogP contribution in [0.2, 0.25) is 0 Å². The SMILES string of the molecule is Nc1c(CCC(F)(F)F)cc(CCC(F)(F)F)cc1CCC(F)(F)F. The molecule has 1 rings (SSSR count). The highest BCUT2D eigenvalue weighted by molar-refractivity contribution is 5.56. The van der Waals surface area contributed by atoms with Crippen molar-refractivity contribution >= 4 is 5.69 Å². The van der Waals surface area contributed by atoms with Crippen molar-refractivity contribution in [2.24, 2.45) is 0 Å². The lowest BCUT2D eigenvalue weighted by Gasteiger charge is -2.16. The van der Waals surface area contributed by atoms with Crippen LogP contribution in [0.4, 0.5) is 45.2 Å². The molecule has 0 spiro atoms. The first kappa shape index (κ1) is 21.4. The number of hydrogen-bond donors (Lipinski definition) is 1. The number of anilines is 1. The topological polar surface area (TPSA) is 26.0 Å². The maximum Gasteiger partial charge on any atom is 0.389 e. The van der Waals surface area contributed by atoms with E-state index in [1.165, 1.54) is 0 Å². The Balaban J connectivity index is 3.07. The summed E-state index contributed by atoms with van der Waals surface area (Å²) in [6.07, 6.45) is -19.0. The second kappa shape index (κ2) is 7.74. The van der Waals surface area contributed by atoms with E-state index in [1.54, 1.807) is 0 Å². The molecular weight excluding hydrogens is 365 g/mol. The molecule has 1 aromatic carbocycles. The third-order valence-electron chi connectivity index (χ3n) is 3.46. The maximum atomic E-state index is 12.3. The van der Waals surface area contributed by atoms with Crippen LogP contribution in [0.15, 0.2) is 12.1 Å². The van der Waals surface area contributed by atoms with Crippen LogP contribution in [0.3, 0.4) is 0 Å². The highest BCUT2D eigenvalue weighted by Crippen LogP contribution is 2.31. The fourth-order valence-electron chi connectivity index (χ4n) is 2.25. The molecule has 0 unspecified atom stereocenters. The molecule has 0 aromatic heterocycles. The normalized spacial score (nSPS) is 13.3. The van der Waals surface area contributed by atoms with Crippen molar-refractivity contribution in [3.8, 4) is 0 Å². The van der Waals surface area contributed by atoms with Crippen molar-refractivity contribution < 1.29 is 39.5 Å². The van der Waals surface area contributed by atoms with Gasteiger partial charge in [-0.1, -0.05) is 12.1 Å². The molecule has 0 aliphatic carbocycles. The number of benzene rings is 1. The third kappa shape index (κ3) is 8.87. The van der Waals surface area contributed by atoms with E-state index in [4.69, 9.17) is 5.73 Å². The Labute approximate surface area is 138 Å². The van der Waals surface area contributed by atoms with E-state index in [2.05, 4.69) is 0 Å². The smallest absolute Gasteiger partial charge is 0.389 e. The van der Waals surface area contributed by atoms with Gasteiger partial charge >= 0.3 is 18.5 Å². The van der Waals surface area contributed by atoms with Crippen LogP contribution in [0.1, 0.15) is 36.0 Å². The zero-order valence-electron chi connectivity index (χ0n) is 12.9. The van der Waals surface area contributed by atoms with Gasteiger partial charge in [0, 0.05) is 24.9 Å². The number of alkyl halides is 9. The first-order chi connectivity index (χ1) is 11.2. The zero-order valence-corrected chi connectivity index (χ0v) is 12.9. The van der Waals surface area contributed by atoms with Gasteiger partial charge in [-0.15, -0.1) is 0 Å². The van der Waals surface area contributed by atoms with Crippen molar-refractivity contribution in [3.05, 3.63) is 28.8 Å². The monoisotopic (exact) mass is 381 g/mol. The minimum Gasteiger partial charge on any atom is -0.398 e. The first-order valence-electron chi connectivity index (χ1n) is 7.27. The summed E-state index contributed by atoms with van der Waals surface area (Å²) in [6.45, 7) is 0. The van der Waals surface area contributed by atoms with Gasteiger partial charge in [-0.3, -0.25) is 0 Å². The summed E-state index contributed by atoms with van der Waals surface area (Å²) in [7, 11) is 0. The van der Waals surface area contributed by atoms with Crippen LogP contribution in [-0.2, 0) is 19.3 Å². The number of nitrogens with two attached hydrogens (primary N) is 1. The molecule has 0 fully saturated rings. The molecule has 25 heavy (non-hydrogen) atoms. The second-order valence-electron chi connectivity index (χ2n) is 5.67. The second-order valence-corrected chi connectivity index (χ2v) is 5.67. The molecule has 0 heterocycles. The van der Waals surface area contributed by atoms with Crippen LogP contribution in [-0.4, -0.2) is 18.5 Å². The van der Waals surface area contributed by atoms with E-state index in [1.807, 2.05) is 0 Å². The van der Waals surface area contributed by atoms with E-state index in [0.717, 1.165) is 12.1 Å². The van der Waals surface area contributed by atoms with Crippen molar-refractivity contribution in [3.63, 3.8) is 0 Å². The molecule has 1 nitrogen and oxygen atoms in total. The van der Waals surface area contributed by atoms with Gasteiger partial charge in [0.15, 0.2) is 0 Å². The van der Waals surface area contributed by atoms with Crippen molar-refractivity contribution in [1.82, 2.24) is 0 Å². The van der Waals surface area contributed by atoms with Gasteiger partial charge < -0.3 is 5.73 Å². The van der Waals surface area contributed by atoms with Gasteiger partial charge in [-0.25, -0.2) is 0 Å². The highest BCUT2D eigenvalue weighted by Gasteiger charge is 2.30. The Morgan fingerprint density at radius 1 is 0.600 bits per heavy atom. The van der Waals surface area contributed by atoms with Crippen LogP contribution < -0.4 is 5.73 Å². The predicted molar refractivity (Wildman–Crippen MR) is 74.0 cm³/mol. The maximum absolute atomic E-state index is 12.3. The summed E-state index contributed by atoms with van der Waals surface area (Å²) < 4.78 is 111. The number of halogens is 9. The highest BCUT2D eigenvalue weighted by atomic mass is 19.4. The summed E-state index contributed by atoms with van der Waals surface area (Å²) in [5.74, 6) is 0. The minimum absolute atomic E-state index is 0.0147. The zero-order chi connectivity index (χ0) is 19.5. The number of hydrogen-bond acceptors (Lipinski definition) is 1. The molecule has 0 radical (unpaired) electrons. The van der Waals surface area contributed by atoms with Gasteiger partial charge in [-0.05, 0) is 36.0 Å². The standard InChI is InChI=1S/C15H16F9N/c16-13(17,18)4-1-9-7-10(2-5-14(19,20)21)12(25)11(8-9)3-6-15(22,23)24/h7-8H,1-6,25H2. The molecule has 0 atom stereocenters. The molecular formula is C15H16F9N. The third-order valence-corrected chi connectivity index (χ3v) is 3.46. The molecule has 1 aromatic rings. The fourth-order valence-corrected chi connectivity index (χ4v) is 2.25. The largest absolute Gasteiger partial charge is 0.398 e. The molecule has 10 heteroatoms. The van der Waals surface area contributed by atoms with Gasteiger partial charge in [0.05, 0.1) is 0 Å². The average Bonchev–Trinajstić information content (AvgIpc) is 2.40. The van der Waals surface area contributed by atoms with E-state index in [-0.39, 0.29) is 22.4 Å². The van der Waals surface area contributed by atoms with Crippen LogP contribution in [0, 0.1) is 0 Å². The number of rotatable bonds is 6. The summed E-state index contributed by atoms with van der Waals surface area (Å²) >= 11 is 0. The Morgan fingerprint density at radius 3 is 1.24 bits per heavy atom. The molecule has 2 N–H and O–H groups in total. The summed E-state index contributed by atoms with van der Waals surface area (Å²) in [6, 6.07) is 2.20. The molecule has 0 saturated heterocycles. The van der Waals surface area contributed by atoms with Crippen molar-refractivity contribution in [1.29, 1.82) is 0 Å². The molecule has 144 valence electrons. The Morgan fingerprint density at radius 2 is 0.920 bits per heavy atom. The fraction of sp³-hybridized carbons (Fsp3) is 0.600. The minimum atomic E-state index is -4.51. The molecule has 0 aliphatic rings.